The van der Waals surface area contributed by atoms with Crippen LogP contribution in [0.5, 0.6) is 0 Å². The molecule has 0 saturated carbocycles. The quantitative estimate of drug-likeness (QED) is 0.708. The number of nitrogens with one attached hydrogen (secondary N) is 2. The number of nitrogen functional groups attached to an aromatic ring is 1. The van der Waals surface area contributed by atoms with E-state index in [9.17, 15) is 4.79 Å². The summed E-state index contributed by atoms with van der Waals surface area (Å²) in [5.74, 6) is 0.341. The van der Waals surface area contributed by atoms with Gasteiger partial charge >= 0.3 is 0 Å². The van der Waals surface area contributed by atoms with Crippen LogP contribution in [0.2, 0.25) is 0 Å². The number of aromatic nitrogens is 2. The highest BCUT2D eigenvalue weighted by Gasteiger charge is 2.11. The highest BCUT2D eigenvalue weighted by atomic mass is 16.1. The summed E-state index contributed by atoms with van der Waals surface area (Å²) in [7, 11) is 0. The van der Waals surface area contributed by atoms with E-state index in [-0.39, 0.29) is 5.91 Å². The van der Waals surface area contributed by atoms with E-state index in [0.29, 0.717) is 17.1 Å². The van der Waals surface area contributed by atoms with Gasteiger partial charge in [0, 0.05) is 22.5 Å². The first-order chi connectivity index (χ1) is 8.49. The molecule has 1 heterocycles. The second-order valence-corrected chi connectivity index (χ2v) is 4.35. The van der Waals surface area contributed by atoms with Crippen LogP contribution in [0.25, 0.3) is 0 Å². The number of anilines is 2. The topological polar surface area (TPSA) is 83.8 Å². The van der Waals surface area contributed by atoms with E-state index in [1.807, 2.05) is 26.8 Å². The molecule has 0 saturated heterocycles. The van der Waals surface area contributed by atoms with E-state index < -0.39 is 0 Å². The van der Waals surface area contributed by atoms with Gasteiger partial charge in [-0.1, -0.05) is 6.07 Å². The van der Waals surface area contributed by atoms with Crippen LogP contribution < -0.4 is 11.1 Å². The average molecular weight is 244 g/mol. The van der Waals surface area contributed by atoms with Crippen molar-refractivity contribution in [2.75, 3.05) is 11.1 Å². The Bertz CT molecular complexity index is 601. The van der Waals surface area contributed by atoms with E-state index in [1.165, 1.54) is 0 Å². The number of aromatic amines is 1. The molecule has 1 aromatic carbocycles. The first kappa shape index (κ1) is 12.2. The highest BCUT2D eigenvalue weighted by Crippen LogP contribution is 2.17. The maximum atomic E-state index is 12.0. The zero-order valence-corrected chi connectivity index (χ0v) is 10.7. The van der Waals surface area contributed by atoms with Crippen LogP contribution in [0.3, 0.4) is 0 Å². The summed E-state index contributed by atoms with van der Waals surface area (Å²) < 4.78 is 0. The summed E-state index contributed by atoms with van der Waals surface area (Å²) in [6, 6.07) is 5.24. The molecule has 0 spiro atoms. The molecular formula is C13H16N4O. The molecule has 0 radical (unpaired) electrons. The summed E-state index contributed by atoms with van der Waals surface area (Å²) in [6.07, 6.45) is 0. The Hall–Kier alpha value is -2.30. The number of carbonyl (C=O) groups excluding carboxylic acids is 1. The number of aryl methyl sites for hydroxylation is 2. The fraction of sp³-hybridized carbons (Fsp3) is 0.231. The van der Waals surface area contributed by atoms with E-state index in [2.05, 4.69) is 15.5 Å². The van der Waals surface area contributed by atoms with Gasteiger partial charge in [0.05, 0.1) is 0 Å². The Kier molecular flexibility index (Phi) is 3.06. The molecule has 1 aromatic heterocycles. The van der Waals surface area contributed by atoms with E-state index in [4.69, 9.17) is 5.73 Å². The Balaban J connectivity index is 2.22. The molecule has 1 amide bonds. The minimum Gasteiger partial charge on any atom is -0.398 e. The molecule has 18 heavy (non-hydrogen) atoms. The Morgan fingerprint density at radius 2 is 2.06 bits per heavy atom. The van der Waals surface area contributed by atoms with Crippen LogP contribution in [-0.2, 0) is 0 Å². The van der Waals surface area contributed by atoms with Crippen LogP contribution in [0.4, 0.5) is 11.5 Å². The van der Waals surface area contributed by atoms with Crippen molar-refractivity contribution in [3.8, 4) is 0 Å². The molecule has 0 bridgehead atoms. The fourth-order valence-electron chi connectivity index (χ4n) is 1.57. The van der Waals surface area contributed by atoms with Crippen molar-refractivity contribution in [1.82, 2.24) is 10.2 Å². The highest BCUT2D eigenvalue weighted by molar-refractivity contribution is 6.04. The number of nitrogens with two attached hydrogens (primary N) is 1. The number of carbonyl (C=O) groups is 1. The van der Waals surface area contributed by atoms with E-state index >= 15 is 0 Å². The SMILES string of the molecule is Cc1ccc(C(=O)Nc2n[nH]c(C)c2C)cc1N. The van der Waals surface area contributed by atoms with Gasteiger partial charge in [-0.2, -0.15) is 5.10 Å². The monoisotopic (exact) mass is 244 g/mol. The van der Waals surface area contributed by atoms with Gasteiger partial charge in [0.25, 0.3) is 5.91 Å². The molecule has 0 aliphatic heterocycles. The van der Waals surface area contributed by atoms with Crippen molar-refractivity contribution in [3.05, 3.63) is 40.6 Å². The minimum atomic E-state index is -0.212. The van der Waals surface area contributed by atoms with Crippen LogP contribution in [0.1, 0.15) is 27.2 Å². The lowest BCUT2D eigenvalue weighted by Gasteiger charge is -2.05. The molecule has 0 atom stereocenters. The summed E-state index contributed by atoms with van der Waals surface area (Å²) in [6.45, 7) is 5.71. The average Bonchev–Trinajstić information content (AvgIpc) is 2.64. The van der Waals surface area contributed by atoms with Crippen molar-refractivity contribution in [3.63, 3.8) is 0 Å². The Labute approximate surface area is 105 Å². The molecule has 2 aromatic rings. The summed E-state index contributed by atoms with van der Waals surface area (Å²) in [5, 5.41) is 9.61. The van der Waals surface area contributed by atoms with E-state index in [1.54, 1.807) is 12.1 Å². The van der Waals surface area contributed by atoms with Gasteiger partial charge in [-0.25, -0.2) is 0 Å². The predicted molar refractivity (Wildman–Crippen MR) is 71.6 cm³/mol. The second-order valence-electron chi connectivity index (χ2n) is 4.35. The van der Waals surface area contributed by atoms with Crippen molar-refractivity contribution in [2.24, 2.45) is 0 Å². The second kappa shape index (κ2) is 4.52. The summed E-state index contributed by atoms with van der Waals surface area (Å²) in [5.41, 5.74) is 9.75. The molecular weight excluding hydrogens is 228 g/mol. The number of nitrogens with zero attached hydrogens (tertiary/aromatic N) is 1. The lowest BCUT2D eigenvalue weighted by molar-refractivity contribution is 0.102. The van der Waals surface area contributed by atoms with Gasteiger partial charge in [-0.15, -0.1) is 0 Å². The third-order valence-electron chi connectivity index (χ3n) is 3.03. The van der Waals surface area contributed by atoms with Crippen molar-refractivity contribution in [2.45, 2.75) is 20.8 Å². The number of amides is 1. The third-order valence-corrected chi connectivity index (χ3v) is 3.03. The van der Waals surface area contributed by atoms with Crippen LogP contribution in [0, 0.1) is 20.8 Å². The molecule has 5 heteroatoms. The van der Waals surface area contributed by atoms with Crippen LogP contribution in [0.15, 0.2) is 18.2 Å². The van der Waals surface area contributed by atoms with Gasteiger partial charge < -0.3 is 11.1 Å². The van der Waals surface area contributed by atoms with Gasteiger partial charge in [-0.3, -0.25) is 9.89 Å². The number of benzene rings is 1. The van der Waals surface area contributed by atoms with Crippen LogP contribution in [-0.4, -0.2) is 16.1 Å². The number of rotatable bonds is 2. The zero-order chi connectivity index (χ0) is 13.3. The van der Waals surface area contributed by atoms with Crippen molar-refractivity contribution in [1.29, 1.82) is 0 Å². The summed E-state index contributed by atoms with van der Waals surface area (Å²) in [4.78, 5) is 12.0. The smallest absolute Gasteiger partial charge is 0.256 e. The molecule has 94 valence electrons. The number of hydrogen-bond donors (Lipinski definition) is 3. The third kappa shape index (κ3) is 2.20. The molecule has 0 fully saturated rings. The minimum absolute atomic E-state index is 0.212. The first-order valence-corrected chi connectivity index (χ1v) is 5.68. The molecule has 2 rings (SSSR count). The molecule has 4 N–H and O–H groups in total. The van der Waals surface area contributed by atoms with Crippen molar-refractivity contribution < 1.29 is 4.79 Å². The largest absolute Gasteiger partial charge is 0.398 e. The molecule has 5 nitrogen and oxygen atoms in total. The molecule has 0 aliphatic carbocycles. The lowest BCUT2D eigenvalue weighted by Crippen LogP contribution is -2.13. The van der Waals surface area contributed by atoms with Crippen molar-refractivity contribution >= 4 is 17.4 Å². The molecule has 0 aliphatic rings. The van der Waals surface area contributed by atoms with Gasteiger partial charge in [0.15, 0.2) is 5.82 Å². The standard InChI is InChI=1S/C13H16N4O/c1-7-4-5-10(6-11(7)14)13(18)15-12-8(2)9(3)16-17-12/h4-6H,14H2,1-3H3,(H2,15,16,17,18). The normalized spacial score (nSPS) is 10.4. The Morgan fingerprint density at radius 1 is 1.33 bits per heavy atom. The fourth-order valence-corrected chi connectivity index (χ4v) is 1.57. The molecule has 0 unspecified atom stereocenters. The maximum Gasteiger partial charge on any atom is 0.256 e. The Morgan fingerprint density at radius 3 is 2.61 bits per heavy atom. The lowest BCUT2D eigenvalue weighted by atomic mass is 10.1. The van der Waals surface area contributed by atoms with Crippen LogP contribution >= 0.6 is 0 Å². The summed E-state index contributed by atoms with van der Waals surface area (Å²) >= 11 is 0. The zero-order valence-electron chi connectivity index (χ0n) is 10.7. The van der Waals surface area contributed by atoms with Gasteiger partial charge in [0.1, 0.15) is 0 Å². The maximum absolute atomic E-state index is 12.0. The number of H-pyrrole nitrogens is 1. The first-order valence-electron chi connectivity index (χ1n) is 5.68. The number of hydrogen-bond acceptors (Lipinski definition) is 3. The van der Waals surface area contributed by atoms with E-state index in [0.717, 1.165) is 16.8 Å². The van der Waals surface area contributed by atoms with Gasteiger partial charge in [0.2, 0.25) is 0 Å². The van der Waals surface area contributed by atoms with Gasteiger partial charge in [-0.05, 0) is 38.5 Å². The predicted octanol–water partition coefficient (Wildman–Crippen LogP) is 2.17.